The van der Waals surface area contributed by atoms with E-state index in [1.807, 2.05) is 39.0 Å². The van der Waals surface area contributed by atoms with E-state index in [2.05, 4.69) is 20.8 Å². The second kappa shape index (κ2) is 11.1. The summed E-state index contributed by atoms with van der Waals surface area (Å²) in [5.41, 5.74) is 6.03. The van der Waals surface area contributed by atoms with Gasteiger partial charge in [-0.2, -0.15) is 9.41 Å². The van der Waals surface area contributed by atoms with Gasteiger partial charge in [-0.15, -0.1) is 0 Å². The third kappa shape index (κ3) is 5.92. The summed E-state index contributed by atoms with van der Waals surface area (Å²) in [6.45, 7) is 6.84. The fraction of sp³-hybridized carbons (Fsp3) is 0.304. The highest BCUT2D eigenvalue weighted by Gasteiger charge is 2.23. The van der Waals surface area contributed by atoms with Crippen molar-refractivity contribution in [3.63, 3.8) is 0 Å². The van der Waals surface area contributed by atoms with Gasteiger partial charge in [0, 0.05) is 46.5 Å². The van der Waals surface area contributed by atoms with Crippen LogP contribution in [-0.4, -0.2) is 42.1 Å². The van der Waals surface area contributed by atoms with E-state index in [-0.39, 0.29) is 4.90 Å². The third-order valence-electron chi connectivity index (χ3n) is 5.15. The maximum Gasteiger partial charge on any atom is 0.243 e. The Kier molecular flexibility index (Phi) is 8.47. The van der Waals surface area contributed by atoms with Gasteiger partial charge >= 0.3 is 0 Å². The van der Waals surface area contributed by atoms with E-state index in [0.717, 1.165) is 40.6 Å². The molecule has 3 aromatic rings. The summed E-state index contributed by atoms with van der Waals surface area (Å²) in [4.78, 5) is 3.42. The first-order valence-electron chi connectivity index (χ1n) is 10.7. The number of fused-ring (bicyclic) bond motifs is 1. The van der Waals surface area contributed by atoms with Gasteiger partial charge in [0.2, 0.25) is 10.0 Å². The lowest BCUT2D eigenvalue weighted by Gasteiger charge is -2.21. The minimum atomic E-state index is -3.57. The number of sulfonamides is 1. The van der Waals surface area contributed by atoms with Gasteiger partial charge in [0.15, 0.2) is 5.11 Å². The predicted octanol–water partition coefficient (Wildman–Crippen LogP) is 5.26. The number of benzene rings is 2. The molecule has 1 heterocycles. The third-order valence-corrected chi connectivity index (χ3v) is 7.65. The lowest BCUT2D eigenvalue weighted by Crippen LogP contribution is -2.32. The highest BCUT2D eigenvalue weighted by atomic mass is 35.5. The number of hydrogen-bond acceptors (Lipinski definition) is 4. The number of nitrogens with zero attached hydrogens (tertiary/aromatic N) is 2. The number of anilines is 1. The Hall–Kier alpha value is -2.46. The molecule has 176 valence electrons. The molecule has 0 amide bonds. The number of thiocarbonyl (C=S) groups is 1. The van der Waals surface area contributed by atoms with Crippen LogP contribution >= 0.6 is 23.8 Å². The van der Waals surface area contributed by atoms with Crippen molar-refractivity contribution >= 4 is 61.8 Å². The quantitative estimate of drug-likeness (QED) is 0.209. The summed E-state index contributed by atoms with van der Waals surface area (Å²) in [7, 11) is -3.57. The molecule has 0 fully saturated rings. The van der Waals surface area contributed by atoms with Crippen LogP contribution in [0.2, 0.25) is 5.02 Å². The zero-order valence-electron chi connectivity index (χ0n) is 18.9. The number of rotatable bonds is 9. The predicted molar refractivity (Wildman–Crippen MR) is 141 cm³/mol. The Labute approximate surface area is 205 Å². The molecule has 0 aliphatic heterocycles. The lowest BCUT2D eigenvalue weighted by molar-refractivity contribution is 0.410. The Bertz CT molecular complexity index is 1270. The monoisotopic (exact) mass is 505 g/mol. The van der Waals surface area contributed by atoms with Crippen molar-refractivity contribution in [2.24, 2.45) is 5.10 Å². The molecule has 10 heteroatoms. The summed E-state index contributed by atoms with van der Waals surface area (Å²) in [5, 5.41) is 8.99. The average Bonchev–Trinajstić information content (AvgIpc) is 3.19. The second-order valence-corrected chi connectivity index (χ2v) is 10.3. The van der Waals surface area contributed by atoms with Gasteiger partial charge < -0.3 is 10.3 Å². The minimum Gasteiger partial charge on any atom is -0.361 e. The highest BCUT2D eigenvalue weighted by molar-refractivity contribution is 7.89. The van der Waals surface area contributed by atoms with Crippen LogP contribution < -0.4 is 10.7 Å². The Balaban J connectivity index is 1.78. The van der Waals surface area contributed by atoms with Crippen molar-refractivity contribution in [2.75, 3.05) is 18.4 Å². The molecule has 1 aromatic heterocycles. The van der Waals surface area contributed by atoms with Crippen LogP contribution in [0.25, 0.3) is 10.9 Å². The standard InChI is InChI=1S/C23H28ClN5O2S2/c1-4-11-29(12-5-2)33(30,31)18-9-10-22-19(13-18)17(14-25-22)15-26-28-23(32)27-21-8-6-7-20(24)16(21)3/h6-10,13-15,25H,4-5,11-12H2,1-3H3,(H2,27,28,32). The second-order valence-electron chi connectivity index (χ2n) is 7.59. The van der Waals surface area contributed by atoms with E-state index < -0.39 is 10.0 Å². The maximum atomic E-state index is 13.2. The average molecular weight is 506 g/mol. The van der Waals surface area contributed by atoms with Crippen LogP contribution in [0.3, 0.4) is 0 Å². The van der Waals surface area contributed by atoms with E-state index in [0.29, 0.717) is 23.2 Å². The fourth-order valence-corrected chi connectivity index (χ4v) is 5.43. The summed E-state index contributed by atoms with van der Waals surface area (Å²) < 4.78 is 27.8. The normalized spacial score (nSPS) is 12.0. The summed E-state index contributed by atoms with van der Waals surface area (Å²) in [5.74, 6) is 0. The first-order valence-corrected chi connectivity index (χ1v) is 13.0. The van der Waals surface area contributed by atoms with Crippen molar-refractivity contribution in [3.05, 3.63) is 58.7 Å². The highest BCUT2D eigenvalue weighted by Crippen LogP contribution is 2.25. The molecule has 2 aromatic carbocycles. The summed E-state index contributed by atoms with van der Waals surface area (Å²) in [6, 6.07) is 10.6. The zero-order valence-corrected chi connectivity index (χ0v) is 21.2. The molecule has 3 rings (SSSR count). The number of hydrogen-bond donors (Lipinski definition) is 3. The molecule has 0 spiro atoms. The number of H-pyrrole nitrogens is 1. The number of halogens is 1. The van der Waals surface area contributed by atoms with E-state index in [4.69, 9.17) is 23.8 Å². The number of aromatic amines is 1. The van der Waals surface area contributed by atoms with E-state index in [9.17, 15) is 8.42 Å². The molecule has 0 aliphatic carbocycles. The molecule has 0 atom stereocenters. The molecule has 3 N–H and O–H groups in total. The van der Waals surface area contributed by atoms with E-state index in [1.165, 1.54) is 4.31 Å². The van der Waals surface area contributed by atoms with Gasteiger partial charge in [0.25, 0.3) is 0 Å². The molecule has 33 heavy (non-hydrogen) atoms. The van der Waals surface area contributed by atoms with Gasteiger partial charge in [0.1, 0.15) is 0 Å². The molecule has 0 saturated carbocycles. The number of hydrazone groups is 1. The lowest BCUT2D eigenvalue weighted by atomic mass is 10.2. The molecule has 0 aliphatic rings. The fourth-order valence-electron chi connectivity index (χ4n) is 3.44. The Morgan fingerprint density at radius 3 is 2.64 bits per heavy atom. The molecular weight excluding hydrogens is 478 g/mol. The summed E-state index contributed by atoms with van der Waals surface area (Å²) in [6.07, 6.45) is 4.90. The van der Waals surface area contributed by atoms with Crippen molar-refractivity contribution in [3.8, 4) is 0 Å². The zero-order chi connectivity index (χ0) is 24.0. The van der Waals surface area contributed by atoms with Crippen molar-refractivity contribution in [2.45, 2.75) is 38.5 Å². The van der Waals surface area contributed by atoms with Crippen molar-refractivity contribution in [1.29, 1.82) is 0 Å². The molecule has 0 bridgehead atoms. The van der Waals surface area contributed by atoms with Crippen LogP contribution in [0, 0.1) is 6.92 Å². The van der Waals surface area contributed by atoms with Crippen LogP contribution in [0.4, 0.5) is 5.69 Å². The Morgan fingerprint density at radius 1 is 1.21 bits per heavy atom. The van der Waals surface area contributed by atoms with Crippen molar-refractivity contribution in [1.82, 2.24) is 14.7 Å². The van der Waals surface area contributed by atoms with Gasteiger partial charge in [-0.3, -0.25) is 5.43 Å². The van der Waals surface area contributed by atoms with E-state index in [1.54, 1.807) is 30.6 Å². The van der Waals surface area contributed by atoms with Crippen LogP contribution in [0.1, 0.15) is 37.8 Å². The SMILES string of the molecule is CCCN(CCC)S(=O)(=O)c1ccc2[nH]cc(C=NNC(=S)Nc3cccc(Cl)c3C)c2c1. The van der Waals surface area contributed by atoms with Crippen LogP contribution in [0.15, 0.2) is 52.6 Å². The van der Waals surface area contributed by atoms with Crippen LogP contribution in [-0.2, 0) is 10.0 Å². The Morgan fingerprint density at radius 2 is 1.94 bits per heavy atom. The van der Waals surface area contributed by atoms with Gasteiger partial charge in [-0.05, 0) is 67.9 Å². The summed E-state index contributed by atoms with van der Waals surface area (Å²) >= 11 is 11.4. The minimum absolute atomic E-state index is 0.271. The topological polar surface area (TPSA) is 89.6 Å². The maximum absolute atomic E-state index is 13.2. The largest absolute Gasteiger partial charge is 0.361 e. The molecular formula is C23H28ClN5O2S2. The van der Waals surface area contributed by atoms with E-state index >= 15 is 0 Å². The molecule has 0 radical (unpaired) electrons. The molecule has 7 nitrogen and oxygen atoms in total. The first kappa shape index (κ1) is 25.2. The van der Waals surface area contributed by atoms with Gasteiger partial charge in [-0.25, -0.2) is 8.42 Å². The van der Waals surface area contributed by atoms with Crippen molar-refractivity contribution < 1.29 is 8.42 Å². The number of aromatic nitrogens is 1. The first-order chi connectivity index (χ1) is 15.8. The molecule has 0 unspecified atom stereocenters. The molecule has 0 saturated heterocycles. The van der Waals surface area contributed by atoms with Gasteiger partial charge in [-0.1, -0.05) is 31.5 Å². The smallest absolute Gasteiger partial charge is 0.243 e. The number of nitrogens with one attached hydrogen (secondary N) is 3. The van der Waals surface area contributed by atoms with Gasteiger partial charge in [0.05, 0.1) is 11.1 Å². The van der Waals surface area contributed by atoms with Crippen LogP contribution in [0.5, 0.6) is 0 Å².